The standard InChI is InChI=1S/C20H24N2O2/c1-23-19-10-6-9-17(20(19)24-2)13-21-18-11-12-22(15-18)14-16-7-4-3-5-8-16/h3-10,13,18H,11-12,14-15H2,1-2H3. The van der Waals surface area contributed by atoms with Crippen LogP contribution in [0.4, 0.5) is 0 Å². The van der Waals surface area contributed by atoms with Crippen molar-refractivity contribution in [1.29, 1.82) is 0 Å². The van der Waals surface area contributed by atoms with Gasteiger partial charge in [0.05, 0.1) is 20.3 Å². The molecule has 2 aromatic carbocycles. The van der Waals surface area contributed by atoms with Gasteiger partial charge < -0.3 is 9.47 Å². The summed E-state index contributed by atoms with van der Waals surface area (Å²) in [5.74, 6) is 1.47. The van der Waals surface area contributed by atoms with Crippen LogP contribution >= 0.6 is 0 Å². The Morgan fingerprint density at radius 2 is 1.92 bits per heavy atom. The quantitative estimate of drug-likeness (QED) is 0.764. The second-order valence-corrected chi connectivity index (χ2v) is 6.02. The van der Waals surface area contributed by atoms with Crippen molar-refractivity contribution in [2.45, 2.75) is 19.0 Å². The zero-order valence-electron chi connectivity index (χ0n) is 14.3. The van der Waals surface area contributed by atoms with Gasteiger partial charge in [0.2, 0.25) is 0 Å². The number of benzene rings is 2. The first-order valence-electron chi connectivity index (χ1n) is 8.30. The molecule has 0 spiro atoms. The number of nitrogens with zero attached hydrogens (tertiary/aromatic N) is 2. The molecule has 1 heterocycles. The van der Waals surface area contributed by atoms with Crippen molar-refractivity contribution in [3.8, 4) is 11.5 Å². The Balaban J connectivity index is 1.62. The van der Waals surface area contributed by atoms with E-state index in [1.807, 2.05) is 24.4 Å². The number of methoxy groups -OCH3 is 2. The van der Waals surface area contributed by atoms with Crippen molar-refractivity contribution in [2.24, 2.45) is 4.99 Å². The minimum atomic E-state index is 0.338. The minimum Gasteiger partial charge on any atom is -0.493 e. The molecule has 0 aromatic heterocycles. The smallest absolute Gasteiger partial charge is 0.169 e. The number of rotatable bonds is 6. The monoisotopic (exact) mass is 324 g/mol. The molecule has 0 radical (unpaired) electrons. The van der Waals surface area contributed by atoms with E-state index in [2.05, 4.69) is 35.2 Å². The zero-order chi connectivity index (χ0) is 16.8. The maximum absolute atomic E-state index is 5.46. The summed E-state index contributed by atoms with van der Waals surface area (Å²) in [6.45, 7) is 3.08. The van der Waals surface area contributed by atoms with Crippen LogP contribution in [0.3, 0.4) is 0 Å². The van der Waals surface area contributed by atoms with E-state index in [1.54, 1.807) is 14.2 Å². The van der Waals surface area contributed by atoms with Gasteiger partial charge in [-0.15, -0.1) is 0 Å². The predicted octanol–water partition coefficient (Wildman–Crippen LogP) is 3.40. The SMILES string of the molecule is COc1cccc(C=NC2CCN(Cc3ccccc3)C2)c1OC. The molecule has 0 saturated carbocycles. The van der Waals surface area contributed by atoms with Crippen LogP contribution in [0.25, 0.3) is 0 Å². The summed E-state index contributed by atoms with van der Waals surface area (Å²) in [6, 6.07) is 16.8. The summed E-state index contributed by atoms with van der Waals surface area (Å²) in [5, 5.41) is 0. The maximum atomic E-state index is 5.46. The van der Waals surface area contributed by atoms with Crippen LogP contribution in [0.15, 0.2) is 53.5 Å². The summed E-state index contributed by atoms with van der Waals surface area (Å²) in [5.41, 5.74) is 2.31. The van der Waals surface area contributed by atoms with Gasteiger partial charge in [0.15, 0.2) is 11.5 Å². The first kappa shape index (κ1) is 16.5. The first-order chi connectivity index (χ1) is 11.8. The van der Waals surface area contributed by atoms with E-state index in [-0.39, 0.29) is 0 Å². The van der Waals surface area contributed by atoms with Crippen LogP contribution in [-0.2, 0) is 6.54 Å². The molecule has 1 saturated heterocycles. The van der Waals surface area contributed by atoms with Crippen LogP contribution in [-0.4, -0.2) is 44.5 Å². The first-order valence-corrected chi connectivity index (χ1v) is 8.30. The highest BCUT2D eigenvalue weighted by atomic mass is 16.5. The van der Waals surface area contributed by atoms with Gasteiger partial charge in [0, 0.05) is 31.4 Å². The lowest BCUT2D eigenvalue weighted by atomic mass is 10.2. The van der Waals surface area contributed by atoms with Crippen molar-refractivity contribution in [1.82, 2.24) is 4.90 Å². The van der Waals surface area contributed by atoms with Crippen LogP contribution < -0.4 is 9.47 Å². The molecular weight excluding hydrogens is 300 g/mol. The molecule has 126 valence electrons. The van der Waals surface area contributed by atoms with E-state index in [0.29, 0.717) is 6.04 Å². The molecule has 1 aliphatic rings. The minimum absolute atomic E-state index is 0.338. The summed E-state index contributed by atoms with van der Waals surface area (Å²) in [7, 11) is 3.31. The Morgan fingerprint density at radius 1 is 1.08 bits per heavy atom. The van der Waals surface area contributed by atoms with Crippen LogP contribution in [0, 0.1) is 0 Å². The van der Waals surface area contributed by atoms with Gasteiger partial charge in [0.25, 0.3) is 0 Å². The van der Waals surface area contributed by atoms with Gasteiger partial charge in [-0.1, -0.05) is 36.4 Å². The van der Waals surface area contributed by atoms with Crippen LogP contribution in [0.2, 0.25) is 0 Å². The maximum Gasteiger partial charge on any atom is 0.169 e. The Hall–Kier alpha value is -2.33. The number of likely N-dealkylation sites (tertiary alicyclic amines) is 1. The van der Waals surface area contributed by atoms with Crippen molar-refractivity contribution < 1.29 is 9.47 Å². The Bertz CT molecular complexity index is 685. The zero-order valence-corrected chi connectivity index (χ0v) is 14.3. The van der Waals surface area contributed by atoms with E-state index < -0.39 is 0 Å². The lowest BCUT2D eigenvalue weighted by molar-refractivity contribution is 0.327. The average molecular weight is 324 g/mol. The van der Waals surface area contributed by atoms with Gasteiger partial charge in [-0.05, 0) is 24.1 Å². The molecule has 3 rings (SSSR count). The lowest BCUT2D eigenvalue weighted by Crippen LogP contribution is -2.21. The van der Waals surface area contributed by atoms with Crippen molar-refractivity contribution in [3.63, 3.8) is 0 Å². The molecular formula is C20H24N2O2. The van der Waals surface area contributed by atoms with Crippen molar-refractivity contribution in [2.75, 3.05) is 27.3 Å². The van der Waals surface area contributed by atoms with E-state index in [0.717, 1.165) is 43.1 Å². The molecule has 4 nitrogen and oxygen atoms in total. The summed E-state index contributed by atoms with van der Waals surface area (Å²) in [4.78, 5) is 7.23. The van der Waals surface area contributed by atoms with Crippen molar-refractivity contribution >= 4 is 6.21 Å². The van der Waals surface area contributed by atoms with E-state index in [9.17, 15) is 0 Å². The molecule has 0 N–H and O–H groups in total. The van der Waals surface area contributed by atoms with Crippen LogP contribution in [0.1, 0.15) is 17.5 Å². The second-order valence-electron chi connectivity index (χ2n) is 6.02. The topological polar surface area (TPSA) is 34.1 Å². The third-order valence-electron chi connectivity index (χ3n) is 4.35. The van der Waals surface area contributed by atoms with Gasteiger partial charge in [0.1, 0.15) is 0 Å². The lowest BCUT2D eigenvalue weighted by Gasteiger charge is -2.15. The Morgan fingerprint density at radius 3 is 2.67 bits per heavy atom. The highest BCUT2D eigenvalue weighted by molar-refractivity contribution is 5.85. The highest BCUT2D eigenvalue weighted by Gasteiger charge is 2.21. The average Bonchev–Trinajstić information content (AvgIpc) is 3.07. The second kappa shape index (κ2) is 7.97. The van der Waals surface area contributed by atoms with Crippen molar-refractivity contribution in [3.05, 3.63) is 59.7 Å². The number of para-hydroxylation sites is 1. The summed E-state index contributed by atoms with van der Waals surface area (Å²) < 4.78 is 10.8. The molecule has 1 atom stereocenters. The summed E-state index contributed by atoms with van der Waals surface area (Å²) in [6.07, 6.45) is 3.01. The Kier molecular flexibility index (Phi) is 5.49. The van der Waals surface area contributed by atoms with Gasteiger partial charge >= 0.3 is 0 Å². The third-order valence-corrected chi connectivity index (χ3v) is 4.35. The fraction of sp³-hybridized carbons (Fsp3) is 0.350. The van der Waals surface area contributed by atoms with Gasteiger partial charge in [-0.3, -0.25) is 9.89 Å². The van der Waals surface area contributed by atoms with E-state index >= 15 is 0 Å². The van der Waals surface area contributed by atoms with Crippen LogP contribution in [0.5, 0.6) is 11.5 Å². The van der Waals surface area contributed by atoms with E-state index in [4.69, 9.17) is 14.5 Å². The fourth-order valence-electron chi connectivity index (χ4n) is 3.12. The third kappa shape index (κ3) is 3.95. The number of aliphatic imine (C=N–C) groups is 1. The van der Waals surface area contributed by atoms with E-state index in [1.165, 1.54) is 5.56 Å². The summed E-state index contributed by atoms with van der Waals surface area (Å²) >= 11 is 0. The molecule has 1 aliphatic heterocycles. The molecule has 24 heavy (non-hydrogen) atoms. The number of hydrogen-bond acceptors (Lipinski definition) is 4. The van der Waals surface area contributed by atoms with Gasteiger partial charge in [-0.25, -0.2) is 0 Å². The predicted molar refractivity (Wildman–Crippen MR) is 97.3 cm³/mol. The molecule has 0 bridgehead atoms. The highest BCUT2D eigenvalue weighted by Crippen LogP contribution is 2.29. The number of ether oxygens (including phenoxy) is 2. The fourth-order valence-corrected chi connectivity index (χ4v) is 3.12. The van der Waals surface area contributed by atoms with Gasteiger partial charge in [-0.2, -0.15) is 0 Å². The largest absolute Gasteiger partial charge is 0.493 e. The molecule has 0 amide bonds. The molecule has 1 fully saturated rings. The Labute approximate surface area is 143 Å². The molecule has 2 aromatic rings. The molecule has 0 aliphatic carbocycles. The molecule has 4 heteroatoms. The normalized spacial score (nSPS) is 18.2. The number of hydrogen-bond donors (Lipinski definition) is 0. The molecule has 1 unspecified atom stereocenters.